The first-order valence-corrected chi connectivity index (χ1v) is 6.92. The van der Waals surface area contributed by atoms with Gasteiger partial charge in [-0.05, 0) is 17.4 Å². The molecule has 0 fully saturated rings. The molecule has 0 spiro atoms. The molecule has 0 aliphatic heterocycles. The van der Waals surface area contributed by atoms with Gasteiger partial charge < -0.3 is 9.84 Å². The Bertz CT molecular complexity index is 608. The molecule has 1 atom stereocenters. The molecule has 2 rings (SSSR count). The van der Waals surface area contributed by atoms with Gasteiger partial charge in [-0.25, -0.2) is 0 Å². The number of nitrogens with zero attached hydrogens (tertiary/aromatic N) is 2. The summed E-state index contributed by atoms with van der Waals surface area (Å²) in [5, 5.41) is 7.41. The molecule has 0 bridgehead atoms. The maximum Gasteiger partial charge on any atom is 0.471 e. The Hall–Kier alpha value is -1.90. The lowest BCUT2D eigenvalue weighted by atomic mass is 10.0. The number of carbonyl (C=O) groups excluding carboxylic acids is 1. The highest BCUT2D eigenvalue weighted by Crippen LogP contribution is 2.27. The van der Waals surface area contributed by atoms with Crippen molar-refractivity contribution in [2.24, 2.45) is 5.92 Å². The second-order valence-corrected chi connectivity index (χ2v) is 5.57. The molecular weight excluding hydrogens is 307 g/mol. The highest BCUT2D eigenvalue weighted by atomic mass is 32.1. The highest BCUT2D eigenvalue weighted by molar-refractivity contribution is 7.13. The second kappa shape index (κ2) is 5.84. The van der Waals surface area contributed by atoms with E-state index in [1.165, 1.54) is 11.3 Å². The molecule has 1 amide bonds. The minimum atomic E-state index is -4.95. The summed E-state index contributed by atoms with van der Waals surface area (Å²) in [4.78, 5) is 15.9. The van der Waals surface area contributed by atoms with Crippen LogP contribution in [0.5, 0.6) is 0 Å². The minimum Gasteiger partial charge on any atom is -0.337 e. The zero-order chi connectivity index (χ0) is 15.6. The van der Waals surface area contributed by atoms with Crippen molar-refractivity contribution in [3.63, 3.8) is 0 Å². The fourth-order valence-corrected chi connectivity index (χ4v) is 2.25. The van der Waals surface area contributed by atoms with E-state index >= 15 is 0 Å². The summed E-state index contributed by atoms with van der Waals surface area (Å²) in [6.45, 7) is 3.30. The predicted octanol–water partition coefficient (Wildman–Crippen LogP) is 3.17. The zero-order valence-electron chi connectivity index (χ0n) is 11.1. The Kier molecular flexibility index (Phi) is 4.31. The van der Waals surface area contributed by atoms with E-state index in [0.29, 0.717) is 0 Å². The molecule has 9 heteroatoms. The van der Waals surface area contributed by atoms with Crippen molar-refractivity contribution in [3.8, 4) is 10.7 Å². The van der Waals surface area contributed by atoms with Crippen LogP contribution in [0.25, 0.3) is 10.7 Å². The van der Waals surface area contributed by atoms with Gasteiger partial charge >= 0.3 is 12.1 Å². The number of alkyl halides is 3. The molecule has 114 valence electrons. The molecule has 0 saturated heterocycles. The van der Waals surface area contributed by atoms with Gasteiger partial charge in [0.05, 0.1) is 4.88 Å². The van der Waals surface area contributed by atoms with Gasteiger partial charge in [-0.3, -0.25) is 4.79 Å². The van der Waals surface area contributed by atoms with Gasteiger partial charge in [0.2, 0.25) is 11.7 Å². The monoisotopic (exact) mass is 319 g/mol. The molecule has 0 unspecified atom stereocenters. The largest absolute Gasteiger partial charge is 0.471 e. The predicted molar refractivity (Wildman–Crippen MR) is 69.4 cm³/mol. The van der Waals surface area contributed by atoms with Crippen LogP contribution >= 0.6 is 11.3 Å². The number of rotatable bonds is 4. The molecule has 0 aliphatic carbocycles. The van der Waals surface area contributed by atoms with E-state index in [2.05, 4.69) is 10.1 Å². The van der Waals surface area contributed by atoms with Crippen LogP contribution < -0.4 is 5.32 Å². The van der Waals surface area contributed by atoms with Crippen molar-refractivity contribution < 1.29 is 22.5 Å². The highest BCUT2D eigenvalue weighted by Gasteiger charge is 2.41. The summed E-state index contributed by atoms with van der Waals surface area (Å²) in [5.74, 6) is -2.14. The maximum absolute atomic E-state index is 12.3. The Balaban J connectivity index is 2.21. The van der Waals surface area contributed by atoms with E-state index in [4.69, 9.17) is 4.52 Å². The lowest BCUT2D eigenvalue weighted by Gasteiger charge is -2.19. The van der Waals surface area contributed by atoms with Crippen molar-refractivity contribution in [1.29, 1.82) is 0 Å². The van der Waals surface area contributed by atoms with Crippen molar-refractivity contribution in [2.45, 2.75) is 26.1 Å². The van der Waals surface area contributed by atoms with Crippen LogP contribution in [0.1, 0.15) is 25.8 Å². The van der Waals surface area contributed by atoms with Crippen LogP contribution in [0.2, 0.25) is 0 Å². The molecular formula is C12H12F3N3O2S. The molecule has 5 nitrogen and oxygen atoms in total. The van der Waals surface area contributed by atoms with Crippen molar-refractivity contribution >= 4 is 17.2 Å². The van der Waals surface area contributed by atoms with E-state index < -0.39 is 18.1 Å². The van der Waals surface area contributed by atoms with E-state index in [9.17, 15) is 18.0 Å². The number of thiophene rings is 1. The quantitative estimate of drug-likeness (QED) is 0.940. The number of amides is 1. The second-order valence-electron chi connectivity index (χ2n) is 4.63. The topological polar surface area (TPSA) is 68.0 Å². The summed E-state index contributed by atoms with van der Waals surface area (Å²) in [6, 6.07) is 2.56. The molecule has 2 heterocycles. The Morgan fingerprint density at radius 2 is 2.14 bits per heavy atom. The smallest absolute Gasteiger partial charge is 0.337 e. The third-order valence-corrected chi connectivity index (χ3v) is 3.53. The fourth-order valence-electron chi connectivity index (χ4n) is 1.60. The molecule has 0 saturated carbocycles. The third kappa shape index (κ3) is 3.60. The van der Waals surface area contributed by atoms with Crippen LogP contribution in [0.3, 0.4) is 0 Å². The SMILES string of the molecule is CC(C)[C@H](NC(=O)C(F)(F)F)c1nc(-c2cccs2)no1. The van der Waals surface area contributed by atoms with Gasteiger partial charge in [0.25, 0.3) is 0 Å². The van der Waals surface area contributed by atoms with Crippen LogP contribution in [0, 0.1) is 5.92 Å². The van der Waals surface area contributed by atoms with E-state index in [-0.39, 0.29) is 17.6 Å². The number of hydrogen-bond acceptors (Lipinski definition) is 5. The Morgan fingerprint density at radius 3 is 2.67 bits per heavy atom. The summed E-state index contributed by atoms with van der Waals surface area (Å²) >= 11 is 1.38. The standard InChI is InChI=1S/C12H12F3N3O2S/c1-6(2)8(16-11(19)12(13,14)15)10-17-9(18-20-10)7-4-3-5-21-7/h3-6,8H,1-2H3,(H,16,19)/t8-/m0/s1. The van der Waals surface area contributed by atoms with Gasteiger partial charge in [-0.1, -0.05) is 25.1 Å². The van der Waals surface area contributed by atoms with Crippen molar-refractivity contribution in [2.75, 3.05) is 0 Å². The summed E-state index contributed by atoms with van der Waals surface area (Å²) < 4.78 is 42.0. The first kappa shape index (κ1) is 15.5. The summed E-state index contributed by atoms with van der Waals surface area (Å²) in [7, 11) is 0. The van der Waals surface area contributed by atoms with Gasteiger partial charge in [0.1, 0.15) is 6.04 Å². The van der Waals surface area contributed by atoms with Crippen LogP contribution in [0.15, 0.2) is 22.0 Å². The van der Waals surface area contributed by atoms with Crippen molar-refractivity contribution in [1.82, 2.24) is 15.5 Å². The van der Waals surface area contributed by atoms with Crippen LogP contribution in [0.4, 0.5) is 13.2 Å². The lowest BCUT2D eigenvalue weighted by molar-refractivity contribution is -0.175. The van der Waals surface area contributed by atoms with Crippen LogP contribution in [-0.4, -0.2) is 22.2 Å². The van der Waals surface area contributed by atoms with Gasteiger partial charge in [0.15, 0.2) is 0 Å². The van der Waals surface area contributed by atoms with Crippen molar-refractivity contribution in [3.05, 3.63) is 23.4 Å². The normalized spacial score (nSPS) is 13.4. The maximum atomic E-state index is 12.3. The number of hydrogen-bond donors (Lipinski definition) is 1. The number of carbonyl (C=O) groups is 1. The van der Waals surface area contributed by atoms with E-state index in [1.54, 1.807) is 26.0 Å². The number of nitrogens with one attached hydrogen (secondary N) is 1. The molecule has 2 aromatic heterocycles. The Morgan fingerprint density at radius 1 is 1.43 bits per heavy atom. The Labute approximate surface area is 122 Å². The molecule has 0 radical (unpaired) electrons. The van der Waals surface area contributed by atoms with Crippen LogP contribution in [-0.2, 0) is 4.79 Å². The molecule has 2 aromatic rings. The molecule has 0 aromatic carbocycles. The van der Waals surface area contributed by atoms with Gasteiger partial charge in [-0.2, -0.15) is 18.2 Å². The zero-order valence-corrected chi connectivity index (χ0v) is 12.0. The molecule has 1 N–H and O–H groups in total. The average molecular weight is 319 g/mol. The molecule has 21 heavy (non-hydrogen) atoms. The first-order valence-electron chi connectivity index (χ1n) is 6.04. The summed E-state index contributed by atoms with van der Waals surface area (Å²) in [6.07, 6.45) is -4.95. The third-order valence-electron chi connectivity index (χ3n) is 2.66. The summed E-state index contributed by atoms with van der Waals surface area (Å²) in [5.41, 5.74) is 0. The van der Waals surface area contributed by atoms with Gasteiger partial charge in [0, 0.05) is 0 Å². The lowest BCUT2D eigenvalue weighted by Crippen LogP contribution is -2.40. The number of aromatic nitrogens is 2. The van der Waals surface area contributed by atoms with E-state index in [1.807, 2.05) is 10.7 Å². The minimum absolute atomic E-state index is 0.0500. The molecule has 0 aliphatic rings. The first-order chi connectivity index (χ1) is 9.79. The fraction of sp³-hybridized carbons (Fsp3) is 0.417. The van der Waals surface area contributed by atoms with E-state index in [0.717, 1.165) is 4.88 Å². The number of halogens is 3. The average Bonchev–Trinajstić information content (AvgIpc) is 3.04. The van der Waals surface area contributed by atoms with Gasteiger partial charge in [-0.15, -0.1) is 11.3 Å².